The Bertz CT molecular complexity index is 737. The first-order valence-electron chi connectivity index (χ1n) is 5.18. The fourth-order valence-electron chi connectivity index (χ4n) is 1.69. The van der Waals surface area contributed by atoms with Crippen LogP contribution in [0.15, 0.2) is 49.8 Å². The highest BCUT2D eigenvalue weighted by atomic mass is 79.9. The third-order valence-corrected chi connectivity index (χ3v) is 3.68. The van der Waals surface area contributed by atoms with Crippen molar-refractivity contribution in [2.24, 2.45) is 0 Å². The molecule has 90 valence electrons. The van der Waals surface area contributed by atoms with Crippen LogP contribution < -0.4 is 0 Å². The Balaban J connectivity index is 2.19. The molecule has 2 aromatic carbocycles. The van der Waals surface area contributed by atoms with Gasteiger partial charge >= 0.3 is 0 Å². The van der Waals surface area contributed by atoms with Gasteiger partial charge in [-0.3, -0.25) is 0 Å². The summed E-state index contributed by atoms with van der Waals surface area (Å²) in [6.07, 6.45) is 0. The van der Waals surface area contributed by atoms with Crippen LogP contribution in [0.2, 0.25) is 0 Å². The van der Waals surface area contributed by atoms with Crippen LogP contribution in [-0.4, -0.2) is 10.1 Å². The van der Waals surface area contributed by atoms with E-state index in [4.69, 9.17) is 4.42 Å². The normalized spacial score (nSPS) is 11.0. The Kier molecular flexibility index (Phi) is 2.87. The van der Waals surface area contributed by atoms with Crippen molar-refractivity contribution in [2.75, 3.05) is 0 Å². The lowest BCUT2D eigenvalue weighted by Crippen LogP contribution is -1.79. The van der Waals surface area contributed by atoms with Crippen molar-refractivity contribution in [3.05, 3.63) is 45.3 Å². The number of oxazole rings is 1. The van der Waals surface area contributed by atoms with Crippen molar-refractivity contribution in [1.82, 2.24) is 4.98 Å². The molecule has 0 aliphatic heterocycles. The largest absolute Gasteiger partial charge is 0.508 e. The lowest BCUT2D eigenvalue weighted by molar-refractivity contribution is 0.476. The van der Waals surface area contributed by atoms with E-state index in [0.717, 1.165) is 14.5 Å². The average Bonchev–Trinajstić information content (AvgIpc) is 2.71. The van der Waals surface area contributed by atoms with Crippen LogP contribution in [0.1, 0.15) is 0 Å². The fraction of sp³-hybridized carbons (Fsp3) is 0. The minimum absolute atomic E-state index is 0.178. The van der Waals surface area contributed by atoms with Crippen LogP contribution in [0.25, 0.3) is 22.6 Å². The summed E-state index contributed by atoms with van der Waals surface area (Å²) in [7, 11) is 0. The lowest BCUT2D eigenvalue weighted by Gasteiger charge is -1.99. The van der Waals surface area contributed by atoms with Crippen LogP contribution >= 0.6 is 31.9 Å². The second kappa shape index (κ2) is 4.40. The van der Waals surface area contributed by atoms with Gasteiger partial charge in [0.25, 0.3) is 0 Å². The van der Waals surface area contributed by atoms with E-state index in [0.29, 0.717) is 17.0 Å². The SMILES string of the molecule is Oc1ccc2oc(-c3ccc(Br)cc3Br)nc2c1. The number of hydrogen-bond acceptors (Lipinski definition) is 3. The van der Waals surface area contributed by atoms with Crippen molar-refractivity contribution in [2.45, 2.75) is 0 Å². The molecule has 3 aromatic rings. The fourth-order valence-corrected chi connectivity index (χ4v) is 2.91. The predicted octanol–water partition coefficient (Wildman–Crippen LogP) is 4.73. The number of aromatic nitrogens is 1. The minimum Gasteiger partial charge on any atom is -0.508 e. The minimum atomic E-state index is 0.178. The quantitative estimate of drug-likeness (QED) is 0.675. The number of halogens is 2. The maximum atomic E-state index is 9.40. The zero-order valence-corrected chi connectivity index (χ0v) is 12.2. The highest BCUT2D eigenvalue weighted by molar-refractivity contribution is 9.11. The van der Waals surface area contributed by atoms with E-state index in [1.165, 1.54) is 0 Å². The number of fused-ring (bicyclic) bond motifs is 1. The molecule has 0 fully saturated rings. The van der Waals surface area contributed by atoms with E-state index in [9.17, 15) is 5.11 Å². The van der Waals surface area contributed by atoms with Gasteiger partial charge in [0.05, 0.1) is 5.56 Å². The van der Waals surface area contributed by atoms with Crippen molar-refractivity contribution < 1.29 is 9.52 Å². The third-order valence-electron chi connectivity index (χ3n) is 2.53. The van der Waals surface area contributed by atoms with E-state index >= 15 is 0 Å². The number of benzene rings is 2. The van der Waals surface area contributed by atoms with Gasteiger partial charge in [-0.2, -0.15) is 0 Å². The molecule has 1 heterocycles. The molecule has 3 nitrogen and oxygen atoms in total. The Labute approximate surface area is 120 Å². The predicted molar refractivity (Wildman–Crippen MR) is 76.5 cm³/mol. The highest BCUT2D eigenvalue weighted by Crippen LogP contribution is 2.32. The van der Waals surface area contributed by atoms with Crippen molar-refractivity contribution in [1.29, 1.82) is 0 Å². The first-order valence-corrected chi connectivity index (χ1v) is 6.77. The van der Waals surface area contributed by atoms with Gasteiger partial charge in [0.15, 0.2) is 5.58 Å². The van der Waals surface area contributed by atoms with Gasteiger partial charge in [-0.15, -0.1) is 0 Å². The Morgan fingerprint density at radius 2 is 1.89 bits per heavy atom. The number of nitrogens with zero attached hydrogens (tertiary/aromatic N) is 1. The summed E-state index contributed by atoms with van der Waals surface area (Å²) in [4.78, 5) is 4.36. The molecule has 18 heavy (non-hydrogen) atoms. The van der Waals surface area contributed by atoms with Crippen molar-refractivity contribution >= 4 is 43.0 Å². The summed E-state index contributed by atoms with van der Waals surface area (Å²) in [5, 5.41) is 9.40. The smallest absolute Gasteiger partial charge is 0.228 e. The van der Waals surface area contributed by atoms with E-state index in [1.807, 2.05) is 18.2 Å². The van der Waals surface area contributed by atoms with Gasteiger partial charge in [-0.25, -0.2) is 4.98 Å². The number of aromatic hydroxyl groups is 1. The topological polar surface area (TPSA) is 46.3 Å². The summed E-state index contributed by atoms with van der Waals surface area (Å²) in [6.45, 7) is 0. The first-order chi connectivity index (χ1) is 8.63. The molecule has 0 spiro atoms. The summed E-state index contributed by atoms with van der Waals surface area (Å²) in [5.74, 6) is 0.701. The summed E-state index contributed by atoms with van der Waals surface area (Å²) in [5.41, 5.74) is 2.16. The van der Waals surface area contributed by atoms with E-state index in [2.05, 4.69) is 36.8 Å². The summed E-state index contributed by atoms with van der Waals surface area (Å²) < 4.78 is 7.54. The first kappa shape index (κ1) is 11.7. The molecular weight excluding hydrogens is 362 g/mol. The monoisotopic (exact) mass is 367 g/mol. The van der Waals surface area contributed by atoms with E-state index in [1.54, 1.807) is 18.2 Å². The Hall–Kier alpha value is -1.33. The van der Waals surface area contributed by atoms with Gasteiger partial charge in [-0.1, -0.05) is 15.9 Å². The maximum absolute atomic E-state index is 9.40. The Morgan fingerprint density at radius 1 is 1.06 bits per heavy atom. The molecule has 0 aliphatic carbocycles. The van der Waals surface area contributed by atoms with Crippen molar-refractivity contribution in [3.8, 4) is 17.2 Å². The van der Waals surface area contributed by atoms with Gasteiger partial charge in [0, 0.05) is 15.0 Å². The lowest BCUT2D eigenvalue weighted by atomic mass is 10.2. The summed E-state index contributed by atoms with van der Waals surface area (Å²) >= 11 is 6.88. The molecule has 0 saturated carbocycles. The van der Waals surface area contributed by atoms with Gasteiger partial charge < -0.3 is 9.52 Å². The number of rotatable bonds is 1. The number of phenols is 1. The third kappa shape index (κ3) is 2.04. The molecule has 3 rings (SSSR count). The molecule has 0 saturated heterocycles. The Morgan fingerprint density at radius 3 is 2.67 bits per heavy atom. The second-order valence-corrected chi connectivity index (χ2v) is 5.57. The van der Waals surface area contributed by atoms with Crippen molar-refractivity contribution in [3.63, 3.8) is 0 Å². The van der Waals surface area contributed by atoms with Crippen LogP contribution in [0.5, 0.6) is 5.75 Å². The van der Waals surface area contributed by atoms with Gasteiger partial charge in [0.1, 0.15) is 11.3 Å². The molecule has 0 radical (unpaired) electrons. The molecular formula is C13H7Br2NO2. The van der Waals surface area contributed by atoms with Gasteiger partial charge in [0.2, 0.25) is 5.89 Å². The second-order valence-electron chi connectivity index (χ2n) is 3.80. The zero-order chi connectivity index (χ0) is 12.7. The highest BCUT2D eigenvalue weighted by Gasteiger charge is 2.11. The molecule has 5 heteroatoms. The molecule has 0 atom stereocenters. The van der Waals surface area contributed by atoms with Gasteiger partial charge in [-0.05, 0) is 46.3 Å². The van der Waals surface area contributed by atoms with Crippen LogP contribution in [0.3, 0.4) is 0 Å². The van der Waals surface area contributed by atoms with E-state index in [-0.39, 0.29) is 5.75 Å². The molecule has 0 bridgehead atoms. The molecule has 1 N–H and O–H groups in total. The zero-order valence-electron chi connectivity index (χ0n) is 9.02. The van der Waals surface area contributed by atoms with Crippen LogP contribution in [0.4, 0.5) is 0 Å². The van der Waals surface area contributed by atoms with E-state index < -0.39 is 0 Å². The van der Waals surface area contributed by atoms with Crippen LogP contribution in [0, 0.1) is 0 Å². The molecule has 0 aliphatic rings. The average molecular weight is 369 g/mol. The van der Waals surface area contributed by atoms with Crippen LogP contribution in [-0.2, 0) is 0 Å². The number of phenolic OH excluding ortho intramolecular Hbond substituents is 1. The maximum Gasteiger partial charge on any atom is 0.228 e. The summed E-state index contributed by atoms with van der Waals surface area (Å²) in [6, 6.07) is 10.6. The number of hydrogen-bond donors (Lipinski definition) is 1. The molecule has 1 aromatic heterocycles. The molecule has 0 unspecified atom stereocenters. The standard InChI is InChI=1S/C13H7Br2NO2/c14-7-1-3-9(10(15)5-7)13-16-11-6-8(17)2-4-12(11)18-13/h1-6,17H. The molecule has 0 amide bonds.